The highest BCUT2D eigenvalue weighted by Gasteiger charge is 1.92. The molecular weight excluding hydrogens is 146 g/mol. The monoisotopic (exact) mass is 162 g/mol. The van der Waals surface area contributed by atoms with Gasteiger partial charge in [-0.1, -0.05) is 32.3 Å². The largest absolute Gasteiger partial charge is 0.261 e. The molecule has 1 heteroatoms. The van der Waals surface area contributed by atoms with Crippen LogP contribution in [0, 0.1) is 6.42 Å². The van der Waals surface area contributed by atoms with Gasteiger partial charge in [-0.25, -0.2) is 0 Å². The van der Waals surface area contributed by atoms with Crippen molar-refractivity contribution in [3.8, 4) is 0 Å². The van der Waals surface area contributed by atoms with Gasteiger partial charge in [0.25, 0.3) is 0 Å². The summed E-state index contributed by atoms with van der Waals surface area (Å²) in [6.07, 6.45) is 9.10. The van der Waals surface area contributed by atoms with Crippen LogP contribution in [0.1, 0.15) is 38.3 Å². The third-order valence-electron chi connectivity index (χ3n) is 1.85. The molecule has 0 aliphatic rings. The maximum atomic E-state index is 4.22. The summed E-state index contributed by atoms with van der Waals surface area (Å²) in [6, 6.07) is 6.02. The van der Waals surface area contributed by atoms with Crippen LogP contribution >= 0.6 is 0 Å². The minimum atomic E-state index is 1.11. The second-order valence-electron chi connectivity index (χ2n) is 2.95. The average Bonchev–Trinajstić information content (AvgIpc) is 2.14. The van der Waals surface area contributed by atoms with Crippen molar-refractivity contribution in [2.75, 3.05) is 0 Å². The Bertz CT molecular complexity index is 193. The normalized spacial score (nSPS) is 10.1. The molecule has 0 aliphatic carbocycles. The Labute approximate surface area is 74.8 Å². The van der Waals surface area contributed by atoms with Gasteiger partial charge in [0.1, 0.15) is 0 Å². The van der Waals surface area contributed by atoms with Crippen molar-refractivity contribution in [3.05, 3.63) is 36.5 Å². The van der Waals surface area contributed by atoms with Crippen molar-refractivity contribution in [2.24, 2.45) is 0 Å². The second kappa shape index (κ2) is 5.76. The van der Waals surface area contributed by atoms with Crippen LogP contribution in [0.25, 0.3) is 0 Å². The Balaban J connectivity index is 2.16. The van der Waals surface area contributed by atoms with Crippen molar-refractivity contribution in [1.29, 1.82) is 0 Å². The number of hydrogen-bond donors (Lipinski definition) is 0. The first-order chi connectivity index (χ1) is 5.93. The molecule has 1 radical (unpaired) electrons. The van der Waals surface area contributed by atoms with Crippen LogP contribution < -0.4 is 0 Å². The Morgan fingerprint density at radius 2 is 2.25 bits per heavy atom. The molecule has 1 aromatic heterocycles. The van der Waals surface area contributed by atoms with E-state index in [1.807, 2.05) is 24.4 Å². The maximum absolute atomic E-state index is 4.22. The summed E-state index contributed by atoms with van der Waals surface area (Å²) in [5.74, 6) is 0. The molecule has 1 heterocycles. The molecule has 0 N–H and O–H groups in total. The first-order valence-corrected chi connectivity index (χ1v) is 4.67. The Hall–Kier alpha value is -0.850. The predicted molar refractivity (Wildman–Crippen MR) is 51.8 cm³/mol. The molecule has 0 saturated carbocycles. The van der Waals surface area contributed by atoms with Gasteiger partial charge >= 0.3 is 0 Å². The zero-order valence-electron chi connectivity index (χ0n) is 7.66. The fraction of sp³-hybridized carbons (Fsp3) is 0.455. The van der Waals surface area contributed by atoms with Crippen molar-refractivity contribution >= 4 is 0 Å². The number of rotatable bonds is 5. The minimum Gasteiger partial charge on any atom is -0.261 e. The van der Waals surface area contributed by atoms with E-state index in [1.165, 1.54) is 19.3 Å². The van der Waals surface area contributed by atoms with Crippen LogP contribution in [0.5, 0.6) is 0 Å². The van der Waals surface area contributed by atoms with Crippen LogP contribution in [0.4, 0.5) is 0 Å². The standard InChI is InChI=1S/C11H16N/c1-2-3-4-5-8-11-9-6-7-10-12-11/h6-10H,2-5H2,1H3. The van der Waals surface area contributed by atoms with Gasteiger partial charge in [-0.05, 0) is 18.6 Å². The van der Waals surface area contributed by atoms with Crippen LogP contribution in [0.3, 0.4) is 0 Å². The van der Waals surface area contributed by atoms with Crippen LogP contribution in [0.15, 0.2) is 24.4 Å². The lowest BCUT2D eigenvalue weighted by atomic mass is 10.1. The van der Waals surface area contributed by atoms with Gasteiger partial charge < -0.3 is 0 Å². The summed E-state index contributed by atoms with van der Waals surface area (Å²) in [6.45, 7) is 2.22. The molecule has 65 valence electrons. The summed E-state index contributed by atoms with van der Waals surface area (Å²) < 4.78 is 0. The van der Waals surface area contributed by atoms with E-state index in [2.05, 4.69) is 18.3 Å². The van der Waals surface area contributed by atoms with E-state index < -0.39 is 0 Å². The third kappa shape index (κ3) is 3.51. The minimum absolute atomic E-state index is 1.11. The molecule has 1 rings (SSSR count). The van der Waals surface area contributed by atoms with E-state index in [4.69, 9.17) is 0 Å². The molecule has 0 fully saturated rings. The Morgan fingerprint density at radius 1 is 1.33 bits per heavy atom. The molecule has 0 amide bonds. The molecule has 0 aromatic carbocycles. The van der Waals surface area contributed by atoms with Gasteiger partial charge in [0.15, 0.2) is 0 Å². The Morgan fingerprint density at radius 3 is 2.92 bits per heavy atom. The number of aromatic nitrogens is 1. The predicted octanol–water partition coefficient (Wildman–Crippen LogP) is 3.21. The molecular formula is C11H16N. The molecule has 0 unspecified atom stereocenters. The third-order valence-corrected chi connectivity index (χ3v) is 1.85. The summed E-state index contributed by atoms with van der Waals surface area (Å²) in [5, 5.41) is 0. The summed E-state index contributed by atoms with van der Waals surface area (Å²) in [7, 11) is 0. The van der Waals surface area contributed by atoms with Gasteiger partial charge in [-0.3, -0.25) is 4.98 Å². The molecule has 1 nitrogen and oxygen atoms in total. The lowest BCUT2D eigenvalue weighted by Crippen LogP contribution is -1.85. The van der Waals surface area contributed by atoms with Crippen LogP contribution in [-0.2, 0) is 0 Å². The lowest BCUT2D eigenvalue weighted by Gasteiger charge is -1.98. The zero-order valence-corrected chi connectivity index (χ0v) is 7.66. The van der Waals surface area contributed by atoms with E-state index >= 15 is 0 Å². The molecule has 12 heavy (non-hydrogen) atoms. The van der Waals surface area contributed by atoms with E-state index in [0.29, 0.717) is 0 Å². The molecule has 0 bridgehead atoms. The quantitative estimate of drug-likeness (QED) is 0.606. The molecule has 0 atom stereocenters. The van der Waals surface area contributed by atoms with E-state index in [9.17, 15) is 0 Å². The maximum Gasteiger partial charge on any atom is 0.0441 e. The smallest absolute Gasteiger partial charge is 0.0441 e. The average molecular weight is 162 g/mol. The van der Waals surface area contributed by atoms with Crippen molar-refractivity contribution < 1.29 is 0 Å². The van der Waals surface area contributed by atoms with Gasteiger partial charge in [0.2, 0.25) is 0 Å². The zero-order chi connectivity index (χ0) is 8.65. The highest BCUT2D eigenvalue weighted by molar-refractivity contribution is 5.12. The lowest BCUT2D eigenvalue weighted by molar-refractivity contribution is 0.712. The van der Waals surface area contributed by atoms with E-state index in [1.54, 1.807) is 0 Å². The number of nitrogens with zero attached hydrogens (tertiary/aromatic N) is 1. The van der Waals surface area contributed by atoms with Crippen molar-refractivity contribution in [1.82, 2.24) is 4.98 Å². The first kappa shape index (κ1) is 9.24. The molecule has 0 aliphatic heterocycles. The number of unbranched alkanes of at least 4 members (excludes halogenated alkanes) is 3. The number of hydrogen-bond acceptors (Lipinski definition) is 1. The highest BCUT2D eigenvalue weighted by Crippen LogP contribution is 2.06. The first-order valence-electron chi connectivity index (χ1n) is 4.67. The van der Waals surface area contributed by atoms with Crippen LogP contribution in [-0.4, -0.2) is 4.98 Å². The topological polar surface area (TPSA) is 12.9 Å². The Kier molecular flexibility index (Phi) is 4.43. The summed E-state index contributed by atoms with van der Waals surface area (Å²) >= 11 is 0. The fourth-order valence-electron chi connectivity index (χ4n) is 1.14. The second-order valence-corrected chi connectivity index (χ2v) is 2.95. The SMILES string of the molecule is CCCCC[CH]c1ccccn1. The van der Waals surface area contributed by atoms with Crippen molar-refractivity contribution in [3.63, 3.8) is 0 Å². The van der Waals surface area contributed by atoms with Gasteiger partial charge in [0, 0.05) is 18.3 Å². The van der Waals surface area contributed by atoms with Crippen LogP contribution in [0.2, 0.25) is 0 Å². The molecule has 0 spiro atoms. The van der Waals surface area contributed by atoms with E-state index in [-0.39, 0.29) is 0 Å². The van der Waals surface area contributed by atoms with Crippen molar-refractivity contribution in [2.45, 2.75) is 32.6 Å². The summed E-state index contributed by atoms with van der Waals surface area (Å²) in [5.41, 5.74) is 1.11. The van der Waals surface area contributed by atoms with Gasteiger partial charge in [0.05, 0.1) is 0 Å². The van der Waals surface area contributed by atoms with E-state index in [0.717, 1.165) is 12.1 Å². The molecule has 1 aromatic rings. The molecule has 0 saturated heterocycles. The number of pyridine rings is 1. The summed E-state index contributed by atoms with van der Waals surface area (Å²) in [4.78, 5) is 4.22. The fourth-order valence-corrected chi connectivity index (χ4v) is 1.14. The van der Waals surface area contributed by atoms with Gasteiger partial charge in [-0.15, -0.1) is 0 Å². The van der Waals surface area contributed by atoms with Gasteiger partial charge in [-0.2, -0.15) is 0 Å². The highest BCUT2D eigenvalue weighted by atomic mass is 14.7.